The molecular weight excluding hydrogens is 647 g/mol. The van der Waals surface area contributed by atoms with Crippen LogP contribution in [0.4, 0.5) is 0 Å². The van der Waals surface area contributed by atoms with Crippen LogP contribution in [-0.4, -0.2) is 15.0 Å². The summed E-state index contributed by atoms with van der Waals surface area (Å²) in [5, 5.41) is 4.42. The number of aromatic nitrogens is 3. The SMILES string of the molecule is C1=CCC(c2ccc(-c3nc(-c4ccc(-c5ccccc5)cc4)nc(-c4cccc5c(-c6cccc7oc8ccccc8c67)cccc45)n3)cc2)C=C1. The molecule has 10 rings (SSSR count). The highest BCUT2D eigenvalue weighted by Gasteiger charge is 2.18. The van der Waals surface area contributed by atoms with Crippen LogP contribution in [0.15, 0.2) is 186 Å². The quantitative estimate of drug-likeness (QED) is 0.175. The lowest BCUT2D eigenvalue weighted by atomic mass is 9.92. The summed E-state index contributed by atoms with van der Waals surface area (Å²) >= 11 is 0. The number of furan rings is 1. The van der Waals surface area contributed by atoms with Crippen LogP contribution < -0.4 is 0 Å². The zero-order valence-electron chi connectivity index (χ0n) is 28.9. The highest BCUT2D eigenvalue weighted by atomic mass is 16.3. The van der Waals surface area contributed by atoms with Crippen LogP contribution in [0.3, 0.4) is 0 Å². The summed E-state index contributed by atoms with van der Waals surface area (Å²) < 4.78 is 6.27. The second-order valence-electron chi connectivity index (χ2n) is 13.5. The summed E-state index contributed by atoms with van der Waals surface area (Å²) in [7, 11) is 0. The van der Waals surface area contributed by atoms with Gasteiger partial charge in [-0.05, 0) is 57.1 Å². The van der Waals surface area contributed by atoms with Gasteiger partial charge in [0.25, 0.3) is 0 Å². The molecule has 7 aromatic carbocycles. The van der Waals surface area contributed by atoms with Crippen LogP contribution in [0, 0.1) is 0 Å². The monoisotopic (exact) mass is 679 g/mol. The van der Waals surface area contributed by atoms with E-state index >= 15 is 0 Å². The molecule has 0 saturated heterocycles. The first-order valence-corrected chi connectivity index (χ1v) is 18.1. The van der Waals surface area contributed by atoms with E-state index in [9.17, 15) is 0 Å². The average molecular weight is 680 g/mol. The van der Waals surface area contributed by atoms with Crippen molar-refractivity contribution in [2.24, 2.45) is 0 Å². The fraction of sp³-hybridized carbons (Fsp3) is 0.0408. The van der Waals surface area contributed by atoms with Gasteiger partial charge < -0.3 is 4.42 Å². The lowest BCUT2D eigenvalue weighted by molar-refractivity contribution is 0.669. The number of hydrogen-bond acceptors (Lipinski definition) is 4. The number of benzene rings is 7. The van der Waals surface area contributed by atoms with Gasteiger partial charge in [0.05, 0.1) is 0 Å². The molecule has 53 heavy (non-hydrogen) atoms. The van der Waals surface area contributed by atoms with Crippen LogP contribution in [0.25, 0.3) is 89.1 Å². The number of rotatable bonds is 6. The Bertz CT molecular complexity index is 2850. The molecule has 0 N–H and O–H groups in total. The van der Waals surface area contributed by atoms with Gasteiger partial charge in [-0.25, -0.2) is 15.0 Å². The van der Waals surface area contributed by atoms with Gasteiger partial charge in [0, 0.05) is 33.4 Å². The van der Waals surface area contributed by atoms with Crippen LogP contribution in [0.5, 0.6) is 0 Å². The molecule has 2 aromatic heterocycles. The molecule has 0 saturated carbocycles. The molecule has 0 aliphatic heterocycles. The van der Waals surface area contributed by atoms with Crippen molar-refractivity contribution in [2.75, 3.05) is 0 Å². The molecule has 4 heteroatoms. The van der Waals surface area contributed by atoms with Gasteiger partial charge in [-0.2, -0.15) is 0 Å². The lowest BCUT2D eigenvalue weighted by Gasteiger charge is -2.15. The van der Waals surface area contributed by atoms with Gasteiger partial charge in [-0.1, -0.05) is 170 Å². The third-order valence-corrected chi connectivity index (χ3v) is 10.3. The molecule has 1 unspecified atom stereocenters. The highest BCUT2D eigenvalue weighted by molar-refractivity contribution is 6.16. The molecule has 0 bridgehead atoms. The van der Waals surface area contributed by atoms with E-state index in [4.69, 9.17) is 19.4 Å². The van der Waals surface area contributed by atoms with Crippen molar-refractivity contribution < 1.29 is 4.42 Å². The van der Waals surface area contributed by atoms with Crippen molar-refractivity contribution in [3.8, 4) is 56.4 Å². The summed E-state index contributed by atoms with van der Waals surface area (Å²) in [6, 6.07) is 55.0. The maximum Gasteiger partial charge on any atom is 0.164 e. The van der Waals surface area contributed by atoms with Crippen molar-refractivity contribution in [1.29, 1.82) is 0 Å². The smallest absolute Gasteiger partial charge is 0.164 e. The molecular formula is C49H33N3O. The van der Waals surface area contributed by atoms with Crippen molar-refractivity contribution >= 4 is 32.7 Å². The van der Waals surface area contributed by atoms with Crippen molar-refractivity contribution in [3.63, 3.8) is 0 Å². The Labute approximate surface area is 307 Å². The third kappa shape index (κ3) is 5.62. The first-order chi connectivity index (χ1) is 26.3. The van der Waals surface area contributed by atoms with E-state index < -0.39 is 0 Å². The summed E-state index contributed by atoms with van der Waals surface area (Å²) in [6.07, 6.45) is 9.73. The number of allylic oxidation sites excluding steroid dienone is 4. The van der Waals surface area contributed by atoms with E-state index in [0.29, 0.717) is 23.4 Å². The molecule has 0 amide bonds. The molecule has 0 fully saturated rings. The summed E-state index contributed by atoms with van der Waals surface area (Å²) in [5.41, 5.74) is 10.5. The molecule has 2 heterocycles. The van der Waals surface area contributed by atoms with Gasteiger partial charge in [0.1, 0.15) is 11.2 Å². The molecule has 1 aliphatic carbocycles. The Morgan fingerprint density at radius 3 is 1.74 bits per heavy atom. The van der Waals surface area contributed by atoms with Crippen LogP contribution in [0.1, 0.15) is 17.9 Å². The van der Waals surface area contributed by atoms with E-state index in [1.165, 1.54) is 11.1 Å². The Hall–Kier alpha value is -6.91. The molecule has 1 atom stereocenters. The summed E-state index contributed by atoms with van der Waals surface area (Å²) in [5.74, 6) is 2.29. The van der Waals surface area contributed by atoms with Crippen molar-refractivity contribution in [3.05, 3.63) is 188 Å². The first-order valence-electron chi connectivity index (χ1n) is 18.1. The van der Waals surface area contributed by atoms with Crippen LogP contribution in [0.2, 0.25) is 0 Å². The maximum absolute atomic E-state index is 6.27. The molecule has 0 radical (unpaired) electrons. The topological polar surface area (TPSA) is 51.8 Å². The first kappa shape index (κ1) is 30.9. The Morgan fingerprint density at radius 2 is 0.981 bits per heavy atom. The molecule has 1 aliphatic rings. The number of para-hydroxylation sites is 1. The van der Waals surface area contributed by atoms with Gasteiger partial charge in [-0.15, -0.1) is 0 Å². The lowest BCUT2D eigenvalue weighted by Crippen LogP contribution is -2.01. The predicted molar refractivity (Wildman–Crippen MR) is 217 cm³/mol. The second kappa shape index (κ2) is 13.0. The molecule has 250 valence electrons. The van der Waals surface area contributed by atoms with Gasteiger partial charge >= 0.3 is 0 Å². The minimum Gasteiger partial charge on any atom is -0.456 e. The number of nitrogens with zero attached hydrogens (tertiary/aromatic N) is 3. The van der Waals surface area contributed by atoms with Crippen molar-refractivity contribution in [1.82, 2.24) is 15.0 Å². The summed E-state index contributed by atoms with van der Waals surface area (Å²) in [6.45, 7) is 0. The van der Waals surface area contributed by atoms with E-state index in [1.807, 2.05) is 24.3 Å². The zero-order valence-corrected chi connectivity index (χ0v) is 28.9. The summed E-state index contributed by atoms with van der Waals surface area (Å²) in [4.78, 5) is 15.4. The predicted octanol–water partition coefficient (Wildman–Crippen LogP) is 12.9. The van der Waals surface area contributed by atoms with Gasteiger partial charge in [0.15, 0.2) is 17.5 Å². The molecule has 4 nitrogen and oxygen atoms in total. The van der Waals surface area contributed by atoms with Crippen molar-refractivity contribution in [2.45, 2.75) is 12.3 Å². The van der Waals surface area contributed by atoms with Crippen LogP contribution >= 0.6 is 0 Å². The Balaban J connectivity index is 1.13. The van der Waals surface area contributed by atoms with E-state index in [-0.39, 0.29) is 0 Å². The van der Waals surface area contributed by atoms with E-state index in [0.717, 1.165) is 72.5 Å². The second-order valence-corrected chi connectivity index (χ2v) is 13.5. The molecule has 0 spiro atoms. The zero-order chi connectivity index (χ0) is 35.1. The average Bonchev–Trinajstić information content (AvgIpc) is 3.63. The maximum atomic E-state index is 6.27. The third-order valence-electron chi connectivity index (χ3n) is 10.3. The highest BCUT2D eigenvalue weighted by Crippen LogP contribution is 2.41. The van der Waals surface area contributed by atoms with E-state index in [1.54, 1.807) is 0 Å². The normalized spacial score (nSPS) is 14.0. The number of hydrogen-bond donors (Lipinski definition) is 0. The van der Waals surface area contributed by atoms with Crippen LogP contribution in [-0.2, 0) is 0 Å². The Kier molecular flexibility index (Phi) is 7.58. The minimum atomic E-state index is 0.373. The standard InChI is InChI=1S/C49H33N3O/c1-3-12-32(13-4-1)34-24-28-36(29-25-34)47-50-48(37-30-26-35(27-31-37)33-14-5-2-6-15-33)52-49(51-47)42-21-10-17-38-39(18-9-19-40(38)42)41-20-11-23-45-46(41)43-16-7-8-22-44(43)53-45/h1-14,16-31,33H,15H2. The minimum absolute atomic E-state index is 0.373. The largest absolute Gasteiger partial charge is 0.456 e. The molecule has 9 aromatic rings. The number of fused-ring (bicyclic) bond motifs is 4. The Morgan fingerprint density at radius 1 is 0.415 bits per heavy atom. The van der Waals surface area contributed by atoms with Gasteiger partial charge in [-0.3, -0.25) is 0 Å². The fourth-order valence-corrected chi connectivity index (χ4v) is 7.64. The van der Waals surface area contributed by atoms with E-state index in [2.05, 4.69) is 158 Å². The van der Waals surface area contributed by atoms with Gasteiger partial charge in [0.2, 0.25) is 0 Å². The fourth-order valence-electron chi connectivity index (χ4n) is 7.64.